The van der Waals surface area contributed by atoms with Gasteiger partial charge in [0.2, 0.25) is 0 Å². The molecule has 0 aliphatic carbocycles. The Bertz CT molecular complexity index is 644. The fraction of sp³-hybridized carbons (Fsp3) is 0.250. The van der Waals surface area contributed by atoms with Crippen LogP contribution in [-0.2, 0) is 12.8 Å². The lowest BCUT2D eigenvalue weighted by Gasteiger charge is -2.14. The van der Waals surface area contributed by atoms with E-state index in [9.17, 15) is 4.39 Å². The summed E-state index contributed by atoms with van der Waals surface area (Å²) in [5.74, 6) is 0.699. The molecule has 2 aromatic carbocycles. The van der Waals surface area contributed by atoms with E-state index in [1.54, 1.807) is 6.07 Å². The predicted octanol–water partition coefficient (Wildman–Crippen LogP) is 3.77. The van der Waals surface area contributed by atoms with E-state index in [0.717, 1.165) is 29.9 Å². The third-order valence-electron chi connectivity index (χ3n) is 3.61. The summed E-state index contributed by atoms with van der Waals surface area (Å²) in [5.41, 5.74) is 9.40. The monoisotopic (exact) mass is 335 g/mol. The van der Waals surface area contributed by atoms with Crippen molar-refractivity contribution in [1.29, 1.82) is 0 Å². The molecule has 2 N–H and O–H groups in total. The molecule has 0 aromatic heterocycles. The molecule has 1 unspecified atom stereocenters. The highest BCUT2D eigenvalue weighted by atomic mass is 79.9. The third-order valence-corrected chi connectivity index (χ3v) is 4.50. The van der Waals surface area contributed by atoms with Crippen LogP contribution in [0.4, 0.5) is 4.39 Å². The van der Waals surface area contributed by atoms with Gasteiger partial charge < -0.3 is 10.5 Å². The molecule has 2 nitrogen and oxygen atoms in total. The van der Waals surface area contributed by atoms with Crippen LogP contribution in [0.25, 0.3) is 0 Å². The summed E-state index contributed by atoms with van der Waals surface area (Å²) in [6.07, 6.45) is 1.53. The highest BCUT2D eigenvalue weighted by Crippen LogP contribution is 2.30. The minimum Gasteiger partial charge on any atom is -0.493 e. The van der Waals surface area contributed by atoms with Crippen molar-refractivity contribution in [3.63, 3.8) is 0 Å². The van der Waals surface area contributed by atoms with Gasteiger partial charge >= 0.3 is 0 Å². The Morgan fingerprint density at radius 1 is 1.30 bits per heavy atom. The smallest absolute Gasteiger partial charge is 0.137 e. The van der Waals surface area contributed by atoms with Gasteiger partial charge in [0, 0.05) is 12.5 Å². The molecule has 0 saturated heterocycles. The van der Waals surface area contributed by atoms with E-state index in [1.807, 2.05) is 18.2 Å². The second-order valence-electron chi connectivity index (χ2n) is 4.99. The molecular weight excluding hydrogens is 321 g/mol. The van der Waals surface area contributed by atoms with Crippen molar-refractivity contribution in [2.45, 2.75) is 18.9 Å². The van der Waals surface area contributed by atoms with Gasteiger partial charge in [-0.15, -0.1) is 0 Å². The minimum absolute atomic E-state index is 0.154. The van der Waals surface area contributed by atoms with E-state index in [4.69, 9.17) is 10.5 Å². The van der Waals surface area contributed by atoms with Crippen molar-refractivity contribution < 1.29 is 9.13 Å². The molecule has 0 saturated carbocycles. The van der Waals surface area contributed by atoms with E-state index < -0.39 is 0 Å². The molecule has 1 aliphatic rings. The maximum atomic E-state index is 13.5. The summed E-state index contributed by atoms with van der Waals surface area (Å²) < 4.78 is 19.5. The van der Waals surface area contributed by atoms with Gasteiger partial charge in [-0.05, 0) is 51.2 Å². The number of rotatable bonds is 3. The van der Waals surface area contributed by atoms with Crippen LogP contribution in [0.1, 0.15) is 22.7 Å². The molecule has 0 spiro atoms. The zero-order valence-corrected chi connectivity index (χ0v) is 12.5. The fourth-order valence-corrected chi connectivity index (χ4v) is 2.92. The highest BCUT2D eigenvalue weighted by Gasteiger charge is 2.16. The zero-order chi connectivity index (χ0) is 14.1. The Morgan fingerprint density at radius 3 is 3.00 bits per heavy atom. The van der Waals surface area contributed by atoms with Gasteiger partial charge in [0.05, 0.1) is 11.1 Å². The number of ether oxygens (including phenoxy) is 1. The molecule has 4 heteroatoms. The van der Waals surface area contributed by atoms with Crippen LogP contribution in [-0.4, -0.2) is 6.61 Å². The average molecular weight is 336 g/mol. The SMILES string of the molecule is NC(Cc1cccc(F)c1Br)c1ccc2c(c1)CCO2. The maximum Gasteiger partial charge on any atom is 0.137 e. The fourth-order valence-electron chi connectivity index (χ4n) is 2.50. The molecule has 104 valence electrons. The Hall–Kier alpha value is -1.39. The number of hydrogen-bond acceptors (Lipinski definition) is 2. The highest BCUT2D eigenvalue weighted by molar-refractivity contribution is 9.10. The molecule has 1 aliphatic heterocycles. The molecule has 1 heterocycles. The van der Waals surface area contributed by atoms with Crippen LogP contribution in [0, 0.1) is 5.82 Å². The summed E-state index contributed by atoms with van der Waals surface area (Å²) in [6, 6.07) is 10.9. The standard InChI is InChI=1S/C16H15BrFNO/c17-16-12(2-1-3-13(16)18)9-14(19)10-4-5-15-11(8-10)6-7-20-15/h1-5,8,14H,6-7,9,19H2. The Kier molecular flexibility index (Phi) is 3.76. The molecule has 0 amide bonds. The van der Waals surface area contributed by atoms with Gasteiger partial charge in [0.25, 0.3) is 0 Å². The van der Waals surface area contributed by atoms with Crippen molar-refractivity contribution in [3.8, 4) is 5.75 Å². The Balaban J connectivity index is 1.82. The average Bonchev–Trinajstić information content (AvgIpc) is 2.91. The van der Waals surface area contributed by atoms with Crippen molar-refractivity contribution in [2.75, 3.05) is 6.61 Å². The lowest BCUT2D eigenvalue weighted by Crippen LogP contribution is -2.14. The molecule has 1 atom stereocenters. The number of hydrogen-bond donors (Lipinski definition) is 1. The van der Waals surface area contributed by atoms with Crippen LogP contribution in [0.5, 0.6) is 5.75 Å². The number of fused-ring (bicyclic) bond motifs is 1. The van der Waals surface area contributed by atoms with Crippen molar-refractivity contribution >= 4 is 15.9 Å². The van der Waals surface area contributed by atoms with Gasteiger partial charge in [-0.1, -0.05) is 24.3 Å². The first-order valence-corrected chi connectivity index (χ1v) is 7.38. The van der Waals surface area contributed by atoms with Gasteiger partial charge in [0.1, 0.15) is 11.6 Å². The van der Waals surface area contributed by atoms with Crippen molar-refractivity contribution in [2.24, 2.45) is 5.73 Å². The number of halogens is 2. The molecule has 2 aromatic rings. The number of benzene rings is 2. The summed E-state index contributed by atoms with van der Waals surface area (Å²) in [7, 11) is 0. The van der Waals surface area contributed by atoms with Crippen LogP contribution in [0.2, 0.25) is 0 Å². The third kappa shape index (κ3) is 2.58. The lowest BCUT2D eigenvalue weighted by molar-refractivity contribution is 0.357. The summed E-state index contributed by atoms with van der Waals surface area (Å²) >= 11 is 3.28. The minimum atomic E-state index is -0.253. The van der Waals surface area contributed by atoms with Crippen LogP contribution < -0.4 is 10.5 Å². The molecule has 0 bridgehead atoms. The number of nitrogens with two attached hydrogens (primary N) is 1. The predicted molar refractivity (Wildman–Crippen MR) is 80.4 cm³/mol. The van der Waals surface area contributed by atoms with Gasteiger partial charge in [0.15, 0.2) is 0 Å². The quantitative estimate of drug-likeness (QED) is 0.926. The van der Waals surface area contributed by atoms with E-state index in [-0.39, 0.29) is 11.9 Å². The summed E-state index contributed by atoms with van der Waals surface area (Å²) in [5, 5.41) is 0. The topological polar surface area (TPSA) is 35.2 Å². The van der Waals surface area contributed by atoms with Crippen molar-refractivity contribution in [3.05, 3.63) is 63.4 Å². The lowest BCUT2D eigenvalue weighted by atomic mass is 9.97. The van der Waals surface area contributed by atoms with E-state index in [1.165, 1.54) is 11.6 Å². The zero-order valence-electron chi connectivity index (χ0n) is 10.9. The maximum absolute atomic E-state index is 13.5. The van der Waals surface area contributed by atoms with Crippen LogP contribution in [0.15, 0.2) is 40.9 Å². The normalized spacial score (nSPS) is 14.8. The van der Waals surface area contributed by atoms with E-state index in [0.29, 0.717) is 10.9 Å². The van der Waals surface area contributed by atoms with Crippen molar-refractivity contribution in [1.82, 2.24) is 0 Å². The van der Waals surface area contributed by atoms with Gasteiger partial charge in [-0.25, -0.2) is 4.39 Å². The Morgan fingerprint density at radius 2 is 2.15 bits per heavy atom. The van der Waals surface area contributed by atoms with E-state index in [2.05, 4.69) is 22.0 Å². The van der Waals surface area contributed by atoms with Crippen LogP contribution >= 0.6 is 15.9 Å². The second kappa shape index (κ2) is 5.54. The molecule has 3 rings (SSSR count). The summed E-state index contributed by atoms with van der Waals surface area (Å²) in [6.45, 7) is 0.740. The Labute approximate surface area is 125 Å². The van der Waals surface area contributed by atoms with Gasteiger partial charge in [-0.2, -0.15) is 0 Å². The first-order valence-electron chi connectivity index (χ1n) is 6.59. The summed E-state index contributed by atoms with van der Waals surface area (Å²) in [4.78, 5) is 0. The first kappa shape index (κ1) is 13.6. The van der Waals surface area contributed by atoms with Gasteiger partial charge in [-0.3, -0.25) is 0 Å². The second-order valence-corrected chi connectivity index (χ2v) is 5.78. The molecule has 20 heavy (non-hydrogen) atoms. The van der Waals surface area contributed by atoms with Crippen LogP contribution in [0.3, 0.4) is 0 Å². The largest absolute Gasteiger partial charge is 0.493 e. The molecule has 0 fully saturated rings. The molecule has 0 radical (unpaired) electrons. The van der Waals surface area contributed by atoms with E-state index >= 15 is 0 Å². The molecular formula is C16H15BrFNO. The first-order chi connectivity index (χ1) is 9.65.